The Morgan fingerprint density at radius 3 is 2.42 bits per heavy atom. The third kappa shape index (κ3) is 5.29. The quantitative estimate of drug-likeness (QED) is 0.602. The Hall–Kier alpha value is -1.88. The van der Waals surface area contributed by atoms with E-state index in [0.717, 1.165) is 44.1 Å². The number of aliphatic hydroxyl groups is 1. The predicted octanol–water partition coefficient (Wildman–Crippen LogP) is 4.23. The highest BCUT2D eigenvalue weighted by molar-refractivity contribution is 5.79. The highest BCUT2D eigenvalue weighted by atomic mass is 16.3. The maximum Gasteiger partial charge on any atom is 0.224 e. The summed E-state index contributed by atoms with van der Waals surface area (Å²) in [5.74, 6) is 0.203. The third-order valence-electron chi connectivity index (χ3n) is 9.20. The van der Waals surface area contributed by atoms with E-state index < -0.39 is 6.10 Å². The first kappa shape index (κ1) is 24.3. The molecule has 3 aliphatic carbocycles. The van der Waals surface area contributed by atoms with Gasteiger partial charge in [0.15, 0.2) is 0 Å². The van der Waals surface area contributed by atoms with Gasteiger partial charge in [-0.05, 0) is 67.3 Å². The van der Waals surface area contributed by atoms with Crippen LogP contribution >= 0.6 is 0 Å². The van der Waals surface area contributed by atoms with Crippen molar-refractivity contribution in [3.8, 4) is 0 Å². The molecule has 0 bridgehead atoms. The zero-order valence-corrected chi connectivity index (χ0v) is 20.6. The lowest BCUT2D eigenvalue weighted by Gasteiger charge is -2.56. The number of nitrogens with one attached hydrogen (secondary N) is 2. The minimum absolute atomic E-state index is 0.0225. The molecule has 1 aromatic rings. The number of carbonyl (C=O) groups excluding carboxylic acids is 2. The predicted molar refractivity (Wildman–Crippen MR) is 130 cm³/mol. The lowest BCUT2D eigenvalue weighted by molar-refractivity contribution is -0.144. The fourth-order valence-corrected chi connectivity index (χ4v) is 7.13. The normalized spacial score (nSPS) is 35.5. The Morgan fingerprint density at radius 1 is 1.06 bits per heavy atom. The minimum Gasteiger partial charge on any atom is -0.392 e. The molecule has 3 fully saturated rings. The number of benzene rings is 1. The summed E-state index contributed by atoms with van der Waals surface area (Å²) in [4.78, 5) is 25.7. The molecule has 0 saturated heterocycles. The molecule has 0 aliphatic heterocycles. The number of carbonyl (C=O) groups is 2. The standard InChI is InChI=1S/C28H42N2O3/c1-18(27(33)29-21-11-7-8-12-21)22-13-15-28(3)16-14-23(19(2)25(28)26(22)32)30-24(31)17-20-9-5-4-6-10-20/h4-6,9-10,18-19,21-23,25-26,32H,7-8,11-17H2,1-3H3,(H,29,33)(H,30,31)/t18-,19+,22-,23-,25+,26-,28-/m0/s1. The van der Waals surface area contributed by atoms with Crippen molar-refractivity contribution in [2.45, 2.75) is 96.7 Å². The van der Waals surface area contributed by atoms with Crippen LogP contribution in [0.25, 0.3) is 0 Å². The van der Waals surface area contributed by atoms with Gasteiger partial charge in [-0.25, -0.2) is 0 Å². The van der Waals surface area contributed by atoms with Crippen molar-refractivity contribution >= 4 is 11.8 Å². The van der Waals surface area contributed by atoms with Crippen molar-refractivity contribution < 1.29 is 14.7 Å². The van der Waals surface area contributed by atoms with E-state index in [2.05, 4.69) is 24.5 Å². The molecule has 182 valence electrons. The molecular formula is C28H42N2O3. The zero-order valence-electron chi connectivity index (χ0n) is 20.6. The Morgan fingerprint density at radius 2 is 1.73 bits per heavy atom. The summed E-state index contributed by atoms with van der Waals surface area (Å²) in [6.07, 6.45) is 8.30. The van der Waals surface area contributed by atoms with Gasteiger partial charge in [0.05, 0.1) is 12.5 Å². The fourth-order valence-electron chi connectivity index (χ4n) is 7.13. The van der Waals surface area contributed by atoms with E-state index in [4.69, 9.17) is 0 Å². The fraction of sp³-hybridized carbons (Fsp3) is 0.714. The lowest BCUT2D eigenvalue weighted by atomic mass is 9.51. The smallest absolute Gasteiger partial charge is 0.224 e. The highest BCUT2D eigenvalue weighted by Gasteiger charge is 2.53. The van der Waals surface area contributed by atoms with Crippen LogP contribution in [0.15, 0.2) is 30.3 Å². The van der Waals surface area contributed by atoms with Crippen molar-refractivity contribution in [2.75, 3.05) is 0 Å². The second kappa shape index (κ2) is 10.2. The molecule has 0 radical (unpaired) electrons. The van der Waals surface area contributed by atoms with Crippen molar-refractivity contribution in [3.63, 3.8) is 0 Å². The van der Waals surface area contributed by atoms with Crippen LogP contribution in [0.5, 0.6) is 0 Å². The average Bonchev–Trinajstić information content (AvgIpc) is 3.29. The van der Waals surface area contributed by atoms with Gasteiger partial charge >= 0.3 is 0 Å². The molecule has 3 aliphatic rings. The van der Waals surface area contributed by atoms with E-state index in [1.54, 1.807) is 0 Å². The molecular weight excluding hydrogens is 412 g/mol. The SMILES string of the molecule is C[C@H]1[C@@H]2[C@@H](O)[C@H]([C@H](C)C(=O)NC3CCCC3)CC[C@@]2(C)CC[C@@H]1NC(=O)Cc1ccccc1. The van der Waals surface area contributed by atoms with Gasteiger partial charge in [0, 0.05) is 18.0 Å². The van der Waals surface area contributed by atoms with Crippen molar-refractivity contribution in [3.05, 3.63) is 35.9 Å². The Labute approximate surface area is 199 Å². The van der Waals surface area contributed by atoms with E-state index in [1.807, 2.05) is 37.3 Å². The monoisotopic (exact) mass is 454 g/mol. The number of fused-ring (bicyclic) bond motifs is 1. The molecule has 33 heavy (non-hydrogen) atoms. The molecule has 0 spiro atoms. The second-order valence-electron chi connectivity index (χ2n) is 11.4. The Balaban J connectivity index is 1.40. The molecule has 0 heterocycles. The van der Waals surface area contributed by atoms with Gasteiger partial charge in [0.1, 0.15) is 0 Å². The van der Waals surface area contributed by atoms with Crippen LogP contribution in [0.4, 0.5) is 0 Å². The number of aliphatic hydroxyl groups excluding tert-OH is 1. The van der Waals surface area contributed by atoms with Gasteiger partial charge in [-0.15, -0.1) is 0 Å². The molecule has 7 atom stereocenters. The minimum atomic E-state index is -0.517. The maximum absolute atomic E-state index is 13.0. The zero-order chi connectivity index (χ0) is 23.6. The number of hydrogen-bond acceptors (Lipinski definition) is 3. The molecule has 3 saturated carbocycles. The summed E-state index contributed by atoms with van der Waals surface area (Å²) >= 11 is 0. The lowest BCUT2D eigenvalue weighted by Crippen LogP contribution is -2.58. The molecule has 0 aromatic heterocycles. The van der Waals surface area contributed by atoms with E-state index in [9.17, 15) is 14.7 Å². The van der Waals surface area contributed by atoms with Gasteiger partial charge in [-0.2, -0.15) is 0 Å². The average molecular weight is 455 g/mol. The summed E-state index contributed by atoms with van der Waals surface area (Å²) in [5.41, 5.74) is 1.08. The molecule has 2 amide bonds. The Bertz CT molecular complexity index is 822. The summed E-state index contributed by atoms with van der Waals surface area (Å²) in [6.45, 7) is 6.48. The third-order valence-corrected chi connectivity index (χ3v) is 9.20. The molecule has 1 aromatic carbocycles. The molecule has 4 rings (SSSR count). The van der Waals surface area contributed by atoms with Crippen LogP contribution < -0.4 is 10.6 Å². The van der Waals surface area contributed by atoms with Gasteiger partial charge in [0.25, 0.3) is 0 Å². The number of amides is 2. The first-order valence-electron chi connectivity index (χ1n) is 13.1. The molecule has 0 unspecified atom stereocenters. The van der Waals surface area contributed by atoms with E-state index in [1.165, 1.54) is 12.8 Å². The van der Waals surface area contributed by atoms with E-state index in [-0.39, 0.29) is 46.9 Å². The van der Waals surface area contributed by atoms with E-state index >= 15 is 0 Å². The van der Waals surface area contributed by atoms with Gasteiger partial charge < -0.3 is 15.7 Å². The number of rotatable bonds is 6. The van der Waals surface area contributed by atoms with Crippen LogP contribution in [0, 0.1) is 29.1 Å². The van der Waals surface area contributed by atoms with Gasteiger partial charge in [-0.3, -0.25) is 9.59 Å². The van der Waals surface area contributed by atoms with Crippen LogP contribution in [-0.2, 0) is 16.0 Å². The van der Waals surface area contributed by atoms with Crippen molar-refractivity contribution in [1.29, 1.82) is 0 Å². The summed E-state index contributed by atoms with van der Waals surface area (Å²) in [7, 11) is 0. The Kier molecular flexibility index (Phi) is 7.47. The first-order valence-corrected chi connectivity index (χ1v) is 13.1. The van der Waals surface area contributed by atoms with Crippen LogP contribution in [-0.4, -0.2) is 35.1 Å². The van der Waals surface area contributed by atoms with E-state index in [0.29, 0.717) is 12.5 Å². The van der Waals surface area contributed by atoms with Crippen LogP contribution in [0.1, 0.15) is 77.7 Å². The largest absolute Gasteiger partial charge is 0.392 e. The summed E-state index contributed by atoms with van der Waals surface area (Å²) in [6, 6.07) is 10.2. The van der Waals surface area contributed by atoms with Crippen LogP contribution in [0.2, 0.25) is 0 Å². The summed E-state index contributed by atoms with van der Waals surface area (Å²) in [5, 5.41) is 18.1. The molecule has 3 N–H and O–H groups in total. The maximum atomic E-state index is 13.0. The summed E-state index contributed by atoms with van der Waals surface area (Å²) < 4.78 is 0. The highest BCUT2D eigenvalue weighted by Crippen LogP contribution is 2.55. The number of hydrogen-bond donors (Lipinski definition) is 3. The van der Waals surface area contributed by atoms with Crippen molar-refractivity contribution in [1.82, 2.24) is 10.6 Å². The van der Waals surface area contributed by atoms with Gasteiger partial charge in [0.2, 0.25) is 11.8 Å². The first-order chi connectivity index (χ1) is 15.8. The topological polar surface area (TPSA) is 78.4 Å². The van der Waals surface area contributed by atoms with Gasteiger partial charge in [-0.1, -0.05) is 63.9 Å². The second-order valence-corrected chi connectivity index (χ2v) is 11.4. The molecule has 5 nitrogen and oxygen atoms in total. The van der Waals surface area contributed by atoms with Crippen molar-refractivity contribution in [2.24, 2.45) is 29.1 Å². The molecule has 5 heteroatoms. The van der Waals surface area contributed by atoms with Crippen LogP contribution in [0.3, 0.4) is 0 Å².